The quantitative estimate of drug-likeness (QED) is 0.0440. The van der Waals surface area contributed by atoms with E-state index in [-0.39, 0.29) is 35.4 Å². The number of cyclic esters (lactones) is 1. The van der Waals surface area contributed by atoms with E-state index in [2.05, 4.69) is 30.7 Å². The van der Waals surface area contributed by atoms with Crippen molar-refractivity contribution >= 4 is 32.6 Å². The van der Waals surface area contributed by atoms with Crippen LogP contribution in [0.15, 0.2) is 23.8 Å². The zero-order chi connectivity index (χ0) is 61.8. The van der Waals surface area contributed by atoms with Crippen LogP contribution in [0.5, 0.6) is 0 Å². The molecule has 9 aliphatic rings. The zero-order valence-electron chi connectivity index (χ0n) is 48.2. The number of hydrogen-bond acceptors (Lipinski definition) is 26. The Morgan fingerprint density at radius 1 is 0.738 bits per heavy atom. The Balaban J connectivity index is 0.917. The summed E-state index contributed by atoms with van der Waals surface area (Å²) in [6, 6.07) is 0. The summed E-state index contributed by atoms with van der Waals surface area (Å²) in [5.74, 6) is -0.907. The number of methoxy groups -OCH3 is 1. The van der Waals surface area contributed by atoms with Crippen LogP contribution < -0.4 is 0 Å². The SMILES string of the molecule is C=C(C)CCCC1(C)OC(=O)C23CCC4C(=CCC5C(C)(C)C(OC6OCC(OS(=O)(=O)O)C(O)C6OC6OC(C)C(OC7OC(COS(=O)(=O)O)C(O)C(OC8OC(CO)C(O)C(OC)C8O)C7O)C(O)C6O)CCC45C)C2(C)CC(=O)C13. The lowest BCUT2D eigenvalue weighted by molar-refractivity contribution is -0.389. The van der Waals surface area contributed by atoms with Crippen LogP contribution in [0.3, 0.4) is 0 Å². The largest absolute Gasteiger partial charge is 0.458 e. The lowest BCUT2D eigenvalue weighted by Gasteiger charge is -2.63. The molecule has 84 heavy (non-hydrogen) atoms. The van der Waals surface area contributed by atoms with Gasteiger partial charge in [-0.1, -0.05) is 44.9 Å². The van der Waals surface area contributed by atoms with Gasteiger partial charge in [-0.15, -0.1) is 6.58 Å². The second-order valence-corrected chi connectivity index (χ2v) is 28.0. The number of allylic oxidation sites excluding steroid dienone is 3. The number of hydrogen-bond donors (Lipinski definition) is 10. The minimum Gasteiger partial charge on any atom is -0.458 e. The summed E-state index contributed by atoms with van der Waals surface area (Å²) >= 11 is 0. The third kappa shape index (κ3) is 11.8. The number of aliphatic hydroxyl groups excluding tert-OH is 8. The fourth-order valence-electron chi connectivity index (χ4n) is 16.2. The summed E-state index contributed by atoms with van der Waals surface area (Å²) in [6.45, 7) is 15.0. The second kappa shape index (κ2) is 24.1. The standard InChI is InChI=1S/C54H84O28S2/c1-23(2)11-10-16-53(8)44-27(56)19-52(7)26-12-13-31-50(4,5)32(15-17-51(31,6)25(26)14-18-54(44,52)49(64)81-53)77-48-43(35(59)30(21-72-48)82-84(68,69)70)80-45-37(61)36(60)40(24(3)74-45)78-47-39(63)42(34(58)29(76-47)22-73-83(65,66)67)79-46-38(62)41(71-9)33(57)28(20-55)75-46/h12,24-25,28-48,55,57-63H,1,10-11,13-22H2,2-9H3,(H,65,66,67)(H,68,69,70). The molecule has 0 aromatic heterocycles. The molecule has 1 spiro atoms. The Labute approximate surface area is 487 Å². The van der Waals surface area contributed by atoms with Crippen molar-refractivity contribution in [3.63, 3.8) is 0 Å². The highest BCUT2D eigenvalue weighted by molar-refractivity contribution is 7.81. The van der Waals surface area contributed by atoms with Crippen molar-refractivity contribution in [2.45, 2.75) is 235 Å². The Bertz CT molecular complexity index is 2690. The van der Waals surface area contributed by atoms with E-state index >= 15 is 0 Å². The molecule has 0 aromatic carbocycles. The van der Waals surface area contributed by atoms with Crippen LogP contribution >= 0.6 is 0 Å². The molecule has 3 saturated carbocycles. The van der Waals surface area contributed by atoms with E-state index in [1.165, 1.54) is 6.92 Å². The first-order chi connectivity index (χ1) is 39.1. The molecule has 480 valence electrons. The molecule has 0 bridgehead atoms. The summed E-state index contributed by atoms with van der Waals surface area (Å²) in [6.07, 6.45) is -27.9. The fourth-order valence-corrected chi connectivity index (χ4v) is 17.0. The number of ether oxygens (including phenoxy) is 10. The molecule has 5 saturated heterocycles. The summed E-state index contributed by atoms with van der Waals surface area (Å²) in [4.78, 5) is 28.7. The molecule has 0 aromatic rings. The average Bonchev–Trinajstić information content (AvgIpc) is 1.61. The van der Waals surface area contributed by atoms with Gasteiger partial charge in [-0.3, -0.25) is 18.7 Å². The molecule has 30 heteroatoms. The number of ketones is 1. The molecule has 9 rings (SSSR count). The zero-order valence-corrected chi connectivity index (χ0v) is 49.8. The van der Waals surface area contributed by atoms with Crippen LogP contribution in [0.4, 0.5) is 0 Å². The fraction of sp³-hybridized carbons (Fsp3) is 0.889. The minimum absolute atomic E-state index is 0.00406. The Morgan fingerprint density at radius 3 is 1.99 bits per heavy atom. The van der Waals surface area contributed by atoms with Gasteiger partial charge in [0.25, 0.3) is 0 Å². The third-order valence-corrected chi connectivity index (χ3v) is 21.2. The number of Topliss-reactive ketones (excluding diaryl/α,β-unsaturated/α-hetero) is 1. The predicted molar refractivity (Wildman–Crippen MR) is 282 cm³/mol. The van der Waals surface area contributed by atoms with Crippen molar-refractivity contribution < 1.29 is 132 Å². The van der Waals surface area contributed by atoms with Crippen molar-refractivity contribution in [2.24, 2.45) is 39.4 Å². The minimum atomic E-state index is -5.22. The van der Waals surface area contributed by atoms with E-state index in [0.717, 1.165) is 31.1 Å². The van der Waals surface area contributed by atoms with Gasteiger partial charge in [0.05, 0.1) is 43.4 Å². The Morgan fingerprint density at radius 2 is 1.36 bits per heavy atom. The van der Waals surface area contributed by atoms with Gasteiger partial charge >= 0.3 is 26.8 Å². The lowest BCUT2D eigenvalue weighted by Crippen LogP contribution is -2.67. The predicted octanol–water partition coefficient (Wildman–Crippen LogP) is -0.555. The van der Waals surface area contributed by atoms with Crippen molar-refractivity contribution in [1.29, 1.82) is 0 Å². The van der Waals surface area contributed by atoms with Gasteiger partial charge in [0.1, 0.15) is 96.8 Å². The van der Waals surface area contributed by atoms with Gasteiger partial charge < -0.3 is 88.2 Å². The molecule has 5 aliphatic heterocycles. The maximum Gasteiger partial charge on any atom is 0.397 e. The van der Waals surface area contributed by atoms with Gasteiger partial charge in [-0.05, 0) is 94.8 Å². The van der Waals surface area contributed by atoms with Crippen molar-refractivity contribution in [2.75, 3.05) is 26.9 Å². The normalized spacial score (nSPS) is 48.5. The van der Waals surface area contributed by atoms with Gasteiger partial charge in [0.2, 0.25) is 0 Å². The number of fused-ring (bicyclic) bond motifs is 4. The number of rotatable bonds is 19. The molecule has 27 unspecified atom stereocenters. The van der Waals surface area contributed by atoms with E-state index in [0.29, 0.717) is 38.5 Å². The van der Waals surface area contributed by atoms with Crippen LogP contribution in [-0.4, -0.2) is 234 Å². The number of esters is 1. The van der Waals surface area contributed by atoms with E-state index in [1.807, 2.05) is 27.7 Å². The summed E-state index contributed by atoms with van der Waals surface area (Å²) in [5.41, 5.74) is -1.61. The molecule has 5 heterocycles. The molecular formula is C54H84O28S2. The van der Waals surface area contributed by atoms with Crippen LogP contribution in [0.25, 0.3) is 0 Å². The van der Waals surface area contributed by atoms with Crippen molar-refractivity contribution in [1.82, 2.24) is 0 Å². The van der Waals surface area contributed by atoms with Crippen molar-refractivity contribution in [3.8, 4) is 0 Å². The van der Waals surface area contributed by atoms with Crippen LogP contribution in [-0.2, 0) is 86.1 Å². The molecule has 28 nitrogen and oxygen atoms in total. The highest BCUT2D eigenvalue weighted by Crippen LogP contribution is 2.75. The third-order valence-electron chi connectivity index (χ3n) is 20.3. The van der Waals surface area contributed by atoms with E-state index in [1.54, 1.807) is 0 Å². The van der Waals surface area contributed by atoms with Gasteiger partial charge in [0.15, 0.2) is 25.2 Å². The Kier molecular flexibility index (Phi) is 19.0. The molecule has 8 fully saturated rings. The Hall–Kier alpha value is -2.32. The average molecular weight is 1250 g/mol. The molecule has 10 N–H and O–H groups in total. The van der Waals surface area contributed by atoms with Crippen molar-refractivity contribution in [3.05, 3.63) is 23.8 Å². The summed E-state index contributed by atoms with van der Waals surface area (Å²) in [7, 11) is -9.27. The highest BCUT2D eigenvalue weighted by Gasteiger charge is 2.79. The first-order valence-electron chi connectivity index (χ1n) is 28.6. The molecular weight excluding hydrogens is 1160 g/mol. The molecule has 0 amide bonds. The summed E-state index contributed by atoms with van der Waals surface area (Å²) in [5, 5.41) is 89.5. The van der Waals surface area contributed by atoms with Gasteiger partial charge in [-0.2, -0.15) is 16.8 Å². The van der Waals surface area contributed by atoms with E-state index in [4.69, 9.17) is 51.6 Å². The number of carbonyl (C=O) groups is 2. The van der Waals surface area contributed by atoms with Gasteiger partial charge in [0, 0.05) is 18.9 Å². The van der Waals surface area contributed by atoms with Crippen LogP contribution in [0, 0.1) is 39.4 Å². The second-order valence-electron chi connectivity index (χ2n) is 25.8. The topological polar surface area (TPSA) is 415 Å². The first kappa shape index (κ1) is 66.1. The molecule has 27 atom stereocenters. The van der Waals surface area contributed by atoms with Crippen LogP contribution in [0.2, 0.25) is 0 Å². The molecule has 0 radical (unpaired) electrons. The highest BCUT2D eigenvalue weighted by atomic mass is 32.3. The van der Waals surface area contributed by atoms with E-state index < -0.39 is 191 Å². The summed E-state index contributed by atoms with van der Waals surface area (Å²) < 4.78 is 135. The lowest BCUT2D eigenvalue weighted by atomic mass is 9.41. The smallest absolute Gasteiger partial charge is 0.397 e. The van der Waals surface area contributed by atoms with Gasteiger partial charge in [-0.25, -0.2) is 8.37 Å². The number of aliphatic hydroxyl groups is 8. The maximum atomic E-state index is 14.4. The maximum absolute atomic E-state index is 14.4. The number of carbonyl (C=O) groups excluding carboxylic acids is 2. The van der Waals surface area contributed by atoms with E-state index in [9.17, 15) is 76.4 Å². The van der Waals surface area contributed by atoms with Crippen LogP contribution in [0.1, 0.15) is 106 Å². The first-order valence-corrected chi connectivity index (χ1v) is 31.3. The monoisotopic (exact) mass is 1240 g/mol. The molecule has 4 aliphatic carbocycles.